The zero-order chi connectivity index (χ0) is 13.3. The molecular weight excluding hydrogens is 214 g/mol. The molecule has 1 N–H and O–H groups in total. The molecule has 0 aliphatic carbocycles. The van der Waals surface area contributed by atoms with Crippen molar-refractivity contribution in [2.24, 2.45) is 5.41 Å². The molecule has 0 bridgehead atoms. The zero-order valence-electron chi connectivity index (χ0n) is 11.9. The molecule has 0 spiro atoms. The fraction of sp³-hybridized carbons (Fsp3) is 0.929. The van der Waals surface area contributed by atoms with E-state index in [9.17, 15) is 4.79 Å². The summed E-state index contributed by atoms with van der Waals surface area (Å²) in [4.78, 5) is 13.6. The molecule has 0 aromatic rings. The van der Waals surface area contributed by atoms with Gasteiger partial charge in [0.2, 0.25) is 0 Å². The Hall–Kier alpha value is -0.410. The van der Waals surface area contributed by atoms with Crippen molar-refractivity contribution in [1.29, 1.82) is 0 Å². The van der Waals surface area contributed by atoms with Crippen molar-refractivity contribution in [2.45, 2.75) is 59.4 Å². The Morgan fingerprint density at radius 1 is 1.18 bits per heavy atom. The molecule has 0 aromatic carbocycles. The summed E-state index contributed by atoms with van der Waals surface area (Å²) in [6, 6.07) is 0.472. The van der Waals surface area contributed by atoms with Crippen molar-refractivity contribution < 1.29 is 9.90 Å². The fourth-order valence-corrected chi connectivity index (χ4v) is 2.41. The zero-order valence-corrected chi connectivity index (χ0v) is 11.9. The summed E-state index contributed by atoms with van der Waals surface area (Å²) in [5.74, 6) is 0. The van der Waals surface area contributed by atoms with Crippen molar-refractivity contribution in [3.8, 4) is 0 Å². The standard InChI is InChI=1S/C14H29NO2/c1-5-13(6-2)15(9-10-16)11-14(7-3,8-4)12-17/h12-13,16H,5-11H2,1-4H3. The maximum atomic E-state index is 11.3. The van der Waals surface area contributed by atoms with E-state index >= 15 is 0 Å². The molecule has 0 saturated heterocycles. The van der Waals surface area contributed by atoms with Crippen LogP contribution in [0.5, 0.6) is 0 Å². The minimum Gasteiger partial charge on any atom is -0.395 e. The second-order valence-electron chi connectivity index (χ2n) is 4.85. The minimum absolute atomic E-state index is 0.166. The number of aliphatic hydroxyl groups excluding tert-OH is 1. The Kier molecular flexibility index (Phi) is 8.44. The highest BCUT2D eigenvalue weighted by atomic mass is 16.3. The normalized spacial score (nSPS) is 12.4. The molecule has 0 fully saturated rings. The fourth-order valence-electron chi connectivity index (χ4n) is 2.41. The summed E-state index contributed by atoms with van der Waals surface area (Å²) < 4.78 is 0. The summed E-state index contributed by atoms with van der Waals surface area (Å²) in [5.41, 5.74) is -0.238. The Labute approximate surface area is 106 Å². The van der Waals surface area contributed by atoms with E-state index in [1.807, 2.05) is 0 Å². The molecule has 3 nitrogen and oxygen atoms in total. The van der Waals surface area contributed by atoms with Crippen LogP contribution >= 0.6 is 0 Å². The van der Waals surface area contributed by atoms with Crippen LogP contribution in [0.4, 0.5) is 0 Å². The lowest BCUT2D eigenvalue weighted by molar-refractivity contribution is -0.118. The van der Waals surface area contributed by atoms with Crippen molar-refractivity contribution in [3.63, 3.8) is 0 Å². The monoisotopic (exact) mass is 243 g/mol. The maximum absolute atomic E-state index is 11.3. The second-order valence-corrected chi connectivity index (χ2v) is 4.85. The second kappa shape index (κ2) is 8.65. The van der Waals surface area contributed by atoms with E-state index in [-0.39, 0.29) is 12.0 Å². The summed E-state index contributed by atoms with van der Waals surface area (Å²) in [6.45, 7) is 10.1. The number of carbonyl (C=O) groups excluding carboxylic acids is 1. The van der Waals surface area contributed by atoms with Crippen LogP contribution in [-0.4, -0.2) is 42.0 Å². The number of aliphatic hydroxyl groups is 1. The third kappa shape index (κ3) is 4.76. The van der Waals surface area contributed by atoms with E-state index in [2.05, 4.69) is 32.6 Å². The Morgan fingerprint density at radius 3 is 2.00 bits per heavy atom. The Bertz CT molecular complexity index is 198. The molecule has 0 aromatic heterocycles. The quantitative estimate of drug-likeness (QED) is 0.599. The van der Waals surface area contributed by atoms with Gasteiger partial charge in [-0.25, -0.2) is 0 Å². The molecule has 0 aliphatic heterocycles. The summed E-state index contributed by atoms with van der Waals surface area (Å²) in [5, 5.41) is 9.16. The van der Waals surface area contributed by atoms with Crippen LogP contribution in [0.3, 0.4) is 0 Å². The van der Waals surface area contributed by atoms with Crippen LogP contribution in [0.2, 0.25) is 0 Å². The molecule has 0 aliphatic rings. The predicted octanol–water partition coefficient (Wildman–Crippen LogP) is 2.47. The average Bonchev–Trinajstić information content (AvgIpc) is 2.37. The number of hydrogen-bond donors (Lipinski definition) is 1. The molecule has 102 valence electrons. The molecule has 0 heterocycles. The lowest BCUT2D eigenvalue weighted by Crippen LogP contribution is -2.45. The Balaban J connectivity index is 4.76. The molecule has 0 radical (unpaired) electrons. The first kappa shape index (κ1) is 16.6. The largest absolute Gasteiger partial charge is 0.395 e. The van der Waals surface area contributed by atoms with Crippen LogP contribution in [-0.2, 0) is 4.79 Å². The van der Waals surface area contributed by atoms with Gasteiger partial charge in [-0.2, -0.15) is 0 Å². The first-order chi connectivity index (χ1) is 8.12. The third-order valence-corrected chi connectivity index (χ3v) is 4.02. The van der Waals surface area contributed by atoms with Gasteiger partial charge in [0.15, 0.2) is 0 Å². The van der Waals surface area contributed by atoms with Crippen LogP contribution in [0.15, 0.2) is 0 Å². The van der Waals surface area contributed by atoms with Gasteiger partial charge in [-0.15, -0.1) is 0 Å². The molecule has 0 unspecified atom stereocenters. The third-order valence-electron chi connectivity index (χ3n) is 4.02. The number of hydrogen-bond acceptors (Lipinski definition) is 3. The Morgan fingerprint density at radius 2 is 1.71 bits per heavy atom. The maximum Gasteiger partial charge on any atom is 0.127 e. The number of aldehydes is 1. The molecule has 0 amide bonds. The SMILES string of the molecule is CCC(CC)N(CCO)CC(C=O)(CC)CC. The molecule has 0 rings (SSSR count). The minimum atomic E-state index is -0.238. The molecule has 0 atom stereocenters. The van der Waals surface area contributed by atoms with Gasteiger partial charge in [-0.05, 0) is 25.7 Å². The first-order valence-corrected chi connectivity index (χ1v) is 6.94. The predicted molar refractivity (Wildman–Crippen MR) is 72.1 cm³/mol. The highest BCUT2D eigenvalue weighted by Crippen LogP contribution is 2.26. The van der Waals surface area contributed by atoms with E-state index in [0.717, 1.165) is 38.5 Å². The van der Waals surface area contributed by atoms with Crippen molar-refractivity contribution in [3.05, 3.63) is 0 Å². The van der Waals surface area contributed by atoms with Gasteiger partial charge >= 0.3 is 0 Å². The highest BCUT2D eigenvalue weighted by Gasteiger charge is 2.30. The average molecular weight is 243 g/mol. The van der Waals surface area contributed by atoms with Crippen molar-refractivity contribution in [2.75, 3.05) is 19.7 Å². The molecule has 17 heavy (non-hydrogen) atoms. The smallest absolute Gasteiger partial charge is 0.127 e. The summed E-state index contributed by atoms with van der Waals surface area (Å²) in [7, 11) is 0. The summed E-state index contributed by atoms with van der Waals surface area (Å²) >= 11 is 0. The highest BCUT2D eigenvalue weighted by molar-refractivity contribution is 5.59. The van der Waals surface area contributed by atoms with Crippen LogP contribution in [0.25, 0.3) is 0 Å². The molecular formula is C14H29NO2. The van der Waals surface area contributed by atoms with Gasteiger partial charge in [0.05, 0.1) is 6.61 Å². The van der Waals surface area contributed by atoms with E-state index < -0.39 is 0 Å². The number of carbonyl (C=O) groups is 1. The van der Waals surface area contributed by atoms with E-state index in [1.165, 1.54) is 0 Å². The number of rotatable bonds is 10. The van der Waals surface area contributed by atoms with Crippen LogP contribution in [0.1, 0.15) is 53.4 Å². The lowest BCUT2D eigenvalue weighted by atomic mass is 9.83. The molecule has 3 heteroatoms. The topological polar surface area (TPSA) is 40.5 Å². The summed E-state index contributed by atoms with van der Waals surface area (Å²) in [6.07, 6.45) is 4.99. The van der Waals surface area contributed by atoms with Gasteiger partial charge < -0.3 is 9.90 Å². The van der Waals surface area contributed by atoms with Gasteiger partial charge in [0, 0.05) is 24.5 Å². The molecule has 0 saturated carbocycles. The van der Waals surface area contributed by atoms with Gasteiger partial charge in [0.1, 0.15) is 6.29 Å². The van der Waals surface area contributed by atoms with Gasteiger partial charge in [-0.3, -0.25) is 4.90 Å². The first-order valence-electron chi connectivity index (χ1n) is 6.94. The van der Waals surface area contributed by atoms with Crippen molar-refractivity contribution in [1.82, 2.24) is 4.90 Å². The van der Waals surface area contributed by atoms with Crippen LogP contribution < -0.4 is 0 Å². The van der Waals surface area contributed by atoms with Gasteiger partial charge in [0.25, 0.3) is 0 Å². The van der Waals surface area contributed by atoms with E-state index in [4.69, 9.17) is 5.11 Å². The van der Waals surface area contributed by atoms with E-state index in [1.54, 1.807) is 0 Å². The van der Waals surface area contributed by atoms with Crippen molar-refractivity contribution >= 4 is 6.29 Å². The van der Waals surface area contributed by atoms with Crippen LogP contribution in [0, 0.1) is 5.41 Å². The number of nitrogens with zero attached hydrogens (tertiary/aromatic N) is 1. The van der Waals surface area contributed by atoms with Gasteiger partial charge in [-0.1, -0.05) is 27.7 Å². The lowest BCUT2D eigenvalue weighted by Gasteiger charge is -2.37. The van der Waals surface area contributed by atoms with E-state index in [0.29, 0.717) is 12.6 Å².